The second-order valence-corrected chi connectivity index (χ2v) is 9.69. The van der Waals surface area contributed by atoms with Crippen LogP contribution in [0, 0.1) is 12.8 Å². The number of nitrogens with zero attached hydrogens (tertiary/aromatic N) is 2. The third-order valence-corrected chi connectivity index (χ3v) is 6.31. The summed E-state index contributed by atoms with van der Waals surface area (Å²) in [7, 11) is 0. The quantitative estimate of drug-likeness (QED) is 0.423. The lowest BCUT2D eigenvalue weighted by Gasteiger charge is -2.34. The Morgan fingerprint density at radius 2 is 2.00 bits per heavy atom. The Bertz CT molecular complexity index is 848. The van der Waals surface area contributed by atoms with E-state index in [9.17, 15) is 9.90 Å². The highest BCUT2D eigenvalue weighted by Gasteiger charge is 2.28. The van der Waals surface area contributed by atoms with Gasteiger partial charge in [0.15, 0.2) is 0 Å². The highest BCUT2D eigenvalue weighted by Crippen LogP contribution is 2.27. The minimum absolute atomic E-state index is 0.0107. The number of aryl methyl sites for hydroxylation is 2. The molecule has 164 valence electrons. The normalized spacial score (nSPS) is 15.6. The molecule has 1 aromatic heterocycles. The third kappa shape index (κ3) is 6.11. The molecule has 2 heterocycles. The standard InChI is InChI=1S/C24H35N3O2S/c1-17-7-8-20(14-19(17)6-4-5-13-30)21-15-22(26-25-21)23(28)27-11-9-18(10-12-27)16-24(2,3)29/h7-8,14-15,18,29-30H,4-6,9-13,16H2,1-3H3,(H,25,26). The second-order valence-electron chi connectivity index (χ2n) is 9.24. The summed E-state index contributed by atoms with van der Waals surface area (Å²) >= 11 is 4.30. The van der Waals surface area contributed by atoms with E-state index < -0.39 is 5.60 Å². The van der Waals surface area contributed by atoms with Crippen LogP contribution in [0.2, 0.25) is 0 Å². The number of aromatic nitrogens is 2. The zero-order chi connectivity index (χ0) is 21.7. The van der Waals surface area contributed by atoms with Gasteiger partial charge in [0, 0.05) is 18.7 Å². The number of aliphatic hydroxyl groups is 1. The first-order valence-corrected chi connectivity index (χ1v) is 11.7. The first kappa shape index (κ1) is 22.9. The number of likely N-dealkylation sites (tertiary alicyclic amines) is 1. The van der Waals surface area contributed by atoms with Crippen molar-refractivity contribution in [2.24, 2.45) is 5.92 Å². The number of rotatable bonds is 8. The van der Waals surface area contributed by atoms with Gasteiger partial charge >= 0.3 is 0 Å². The van der Waals surface area contributed by atoms with Gasteiger partial charge in [-0.1, -0.05) is 12.1 Å². The van der Waals surface area contributed by atoms with E-state index in [0.29, 0.717) is 11.6 Å². The van der Waals surface area contributed by atoms with Gasteiger partial charge < -0.3 is 10.0 Å². The number of thiol groups is 1. The van der Waals surface area contributed by atoms with Crippen molar-refractivity contribution in [2.75, 3.05) is 18.8 Å². The molecule has 6 heteroatoms. The monoisotopic (exact) mass is 429 g/mol. The van der Waals surface area contributed by atoms with E-state index >= 15 is 0 Å². The van der Waals surface area contributed by atoms with Crippen molar-refractivity contribution in [1.29, 1.82) is 0 Å². The highest BCUT2D eigenvalue weighted by molar-refractivity contribution is 7.80. The van der Waals surface area contributed by atoms with Crippen molar-refractivity contribution < 1.29 is 9.90 Å². The van der Waals surface area contributed by atoms with E-state index in [4.69, 9.17) is 0 Å². The summed E-state index contributed by atoms with van der Waals surface area (Å²) in [5, 5.41) is 17.4. The van der Waals surface area contributed by atoms with Crippen LogP contribution in [0.1, 0.15) is 67.6 Å². The molecule has 0 saturated carbocycles. The van der Waals surface area contributed by atoms with E-state index in [2.05, 4.69) is 47.9 Å². The molecule has 0 atom stereocenters. The minimum Gasteiger partial charge on any atom is -0.390 e. The van der Waals surface area contributed by atoms with E-state index in [0.717, 1.165) is 68.6 Å². The molecule has 0 unspecified atom stereocenters. The average molecular weight is 430 g/mol. The molecule has 1 aliphatic rings. The topological polar surface area (TPSA) is 69.2 Å². The number of unbranched alkanes of at least 4 members (excludes halogenated alkanes) is 1. The third-order valence-electron chi connectivity index (χ3n) is 6.00. The van der Waals surface area contributed by atoms with E-state index in [1.165, 1.54) is 11.1 Å². The molecule has 5 nitrogen and oxygen atoms in total. The summed E-state index contributed by atoms with van der Waals surface area (Å²) in [6.07, 6.45) is 5.93. The van der Waals surface area contributed by atoms with Gasteiger partial charge in [0.2, 0.25) is 0 Å². The molecule has 2 aromatic rings. The van der Waals surface area contributed by atoms with Crippen molar-refractivity contribution in [3.05, 3.63) is 41.1 Å². The fourth-order valence-corrected chi connectivity index (χ4v) is 4.55. The van der Waals surface area contributed by atoms with Crippen LogP contribution in [-0.4, -0.2) is 50.6 Å². The van der Waals surface area contributed by atoms with Crippen LogP contribution in [0.25, 0.3) is 11.3 Å². The highest BCUT2D eigenvalue weighted by atomic mass is 32.1. The Morgan fingerprint density at radius 3 is 2.67 bits per heavy atom. The van der Waals surface area contributed by atoms with E-state index in [1.54, 1.807) is 0 Å². The molecule has 1 fully saturated rings. The molecule has 0 bridgehead atoms. The zero-order valence-corrected chi connectivity index (χ0v) is 19.3. The van der Waals surface area contributed by atoms with Crippen LogP contribution < -0.4 is 0 Å². The Kier molecular flexibility index (Phi) is 7.64. The molecule has 1 saturated heterocycles. The van der Waals surface area contributed by atoms with Gasteiger partial charge in [-0.25, -0.2) is 0 Å². The number of carbonyl (C=O) groups is 1. The largest absolute Gasteiger partial charge is 0.390 e. The maximum absolute atomic E-state index is 12.9. The summed E-state index contributed by atoms with van der Waals surface area (Å²) in [5.74, 6) is 1.40. The van der Waals surface area contributed by atoms with Crippen LogP contribution in [-0.2, 0) is 6.42 Å². The number of hydrogen-bond acceptors (Lipinski definition) is 4. The number of H-pyrrole nitrogens is 1. The molecule has 0 aliphatic carbocycles. The van der Waals surface area contributed by atoms with Gasteiger partial charge in [0.25, 0.3) is 5.91 Å². The average Bonchev–Trinajstić information content (AvgIpc) is 3.18. The van der Waals surface area contributed by atoms with Crippen molar-refractivity contribution in [3.8, 4) is 11.3 Å². The zero-order valence-electron chi connectivity index (χ0n) is 18.4. The molecule has 1 amide bonds. The Morgan fingerprint density at radius 1 is 1.27 bits per heavy atom. The van der Waals surface area contributed by atoms with Crippen LogP contribution in [0.3, 0.4) is 0 Å². The van der Waals surface area contributed by atoms with Gasteiger partial charge in [-0.15, -0.1) is 0 Å². The van der Waals surface area contributed by atoms with Gasteiger partial charge in [0.1, 0.15) is 5.69 Å². The van der Waals surface area contributed by atoms with Crippen LogP contribution in [0.4, 0.5) is 0 Å². The molecule has 3 rings (SSSR count). The van der Waals surface area contributed by atoms with Crippen LogP contribution in [0.15, 0.2) is 24.3 Å². The molecular weight excluding hydrogens is 394 g/mol. The Hall–Kier alpha value is -1.79. The van der Waals surface area contributed by atoms with Crippen molar-refractivity contribution >= 4 is 18.5 Å². The van der Waals surface area contributed by atoms with Crippen molar-refractivity contribution in [1.82, 2.24) is 15.1 Å². The Balaban J connectivity index is 1.64. The van der Waals surface area contributed by atoms with E-state index in [1.807, 2.05) is 24.8 Å². The smallest absolute Gasteiger partial charge is 0.271 e. The number of carbonyl (C=O) groups excluding carboxylic acids is 1. The molecule has 1 aliphatic heterocycles. The molecule has 0 spiro atoms. The Labute approximate surface area is 185 Å². The number of nitrogens with one attached hydrogen (secondary N) is 1. The molecule has 30 heavy (non-hydrogen) atoms. The lowest BCUT2D eigenvalue weighted by atomic mass is 9.86. The maximum Gasteiger partial charge on any atom is 0.271 e. The SMILES string of the molecule is Cc1ccc(-c2cc(C(=O)N3CCC(CC(C)(C)O)CC3)[nH]n2)cc1CCCCS. The lowest BCUT2D eigenvalue weighted by molar-refractivity contribution is 0.0357. The predicted octanol–water partition coefficient (Wildman–Crippen LogP) is 4.65. The van der Waals surface area contributed by atoms with E-state index in [-0.39, 0.29) is 5.91 Å². The number of benzene rings is 1. The number of aromatic amines is 1. The fraction of sp³-hybridized carbons (Fsp3) is 0.583. The number of piperidine rings is 1. The second kappa shape index (κ2) is 10.0. The van der Waals surface area contributed by atoms with Crippen LogP contribution in [0.5, 0.6) is 0 Å². The van der Waals surface area contributed by atoms with Gasteiger partial charge in [0.05, 0.1) is 11.3 Å². The molecule has 0 radical (unpaired) electrons. The maximum atomic E-state index is 12.9. The van der Waals surface area contributed by atoms with Gasteiger partial charge in [-0.2, -0.15) is 17.7 Å². The first-order valence-electron chi connectivity index (χ1n) is 11.0. The summed E-state index contributed by atoms with van der Waals surface area (Å²) in [6.45, 7) is 7.31. The van der Waals surface area contributed by atoms with Crippen molar-refractivity contribution in [2.45, 2.75) is 64.9 Å². The fourth-order valence-electron chi connectivity index (χ4n) is 4.32. The van der Waals surface area contributed by atoms with Gasteiger partial charge in [-0.05, 0) is 94.2 Å². The first-order chi connectivity index (χ1) is 14.3. The molecular formula is C24H35N3O2S. The summed E-state index contributed by atoms with van der Waals surface area (Å²) in [6, 6.07) is 8.27. The summed E-state index contributed by atoms with van der Waals surface area (Å²) in [5.41, 5.74) is 4.38. The number of hydrogen-bond donors (Lipinski definition) is 3. The van der Waals surface area contributed by atoms with Gasteiger partial charge in [-0.3, -0.25) is 9.89 Å². The predicted molar refractivity (Wildman–Crippen MR) is 125 cm³/mol. The minimum atomic E-state index is -0.644. The summed E-state index contributed by atoms with van der Waals surface area (Å²) < 4.78 is 0. The molecule has 1 aromatic carbocycles. The number of amides is 1. The summed E-state index contributed by atoms with van der Waals surface area (Å²) in [4.78, 5) is 14.8. The molecule has 2 N–H and O–H groups in total. The van der Waals surface area contributed by atoms with Crippen LogP contribution >= 0.6 is 12.6 Å². The lowest BCUT2D eigenvalue weighted by Crippen LogP contribution is -2.40. The van der Waals surface area contributed by atoms with Crippen molar-refractivity contribution in [3.63, 3.8) is 0 Å².